The van der Waals surface area contributed by atoms with Crippen LogP contribution in [-0.2, 0) is 4.79 Å². The van der Waals surface area contributed by atoms with Crippen molar-refractivity contribution in [2.24, 2.45) is 0 Å². The Morgan fingerprint density at radius 3 is 2.76 bits per heavy atom. The Bertz CT molecular complexity index is 993. The molecule has 2 aromatic rings. The maximum absolute atomic E-state index is 12.3. The summed E-state index contributed by atoms with van der Waals surface area (Å²) in [5.74, 6) is 1.18. The summed E-state index contributed by atoms with van der Waals surface area (Å²) in [5.41, 5.74) is 1.49. The van der Waals surface area contributed by atoms with Crippen molar-refractivity contribution in [2.75, 3.05) is 48.7 Å². The van der Waals surface area contributed by atoms with Gasteiger partial charge in [0.05, 0.1) is 10.5 Å². The maximum Gasteiger partial charge on any atom is 0.321 e. The molecule has 2 aliphatic heterocycles. The minimum Gasteiger partial charge on any atom is -0.369 e. The summed E-state index contributed by atoms with van der Waals surface area (Å²) in [4.78, 5) is 35.1. The second-order valence-electron chi connectivity index (χ2n) is 8.44. The highest BCUT2D eigenvalue weighted by atomic mass is 79.9. The van der Waals surface area contributed by atoms with Crippen LogP contribution in [0.15, 0.2) is 34.9 Å². The molecule has 182 valence electrons. The molecular weight excluding hydrogens is 500 g/mol. The van der Waals surface area contributed by atoms with Crippen LogP contribution in [0.1, 0.15) is 32.1 Å². The summed E-state index contributed by atoms with van der Waals surface area (Å²) in [7, 11) is 0. The Kier molecular flexibility index (Phi) is 8.53. The van der Waals surface area contributed by atoms with Crippen LogP contribution in [-0.4, -0.2) is 65.6 Å². The van der Waals surface area contributed by atoms with Crippen molar-refractivity contribution >= 4 is 51.0 Å². The Morgan fingerprint density at radius 2 is 1.97 bits per heavy atom. The molecule has 11 heteroatoms. The molecule has 2 fully saturated rings. The molecular formula is C23H31BrN8O2. The predicted molar refractivity (Wildman–Crippen MR) is 136 cm³/mol. The van der Waals surface area contributed by atoms with Crippen LogP contribution in [0.3, 0.4) is 0 Å². The van der Waals surface area contributed by atoms with E-state index in [0.29, 0.717) is 30.5 Å². The number of aromatic nitrogens is 2. The highest BCUT2D eigenvalue weighted by molar-refractivity contribution is 9.10. The molecule has 2 saturated heterocycles. The van der Waals surface area contributed by atoms with E-state index in [9.17, 15) is 9.59 Å². The molecule has 0 spiro atoms. The van der Waals surface area contributed by atoms with E-state index in [-0.39, 0.29) is 18.0 Å². The van der Waals surface area contributed by atoms with Gasteiger partial charge in [0.2, 0.25) is 11.9 Å². The summed E-state index contributed by atoms with van der Waals surface area (Å²) in [5, 5.41) is 15.6. The molecule has 1 atom stereocenters. The van der Waals surface area contributed by atoms with E-state index >= 15 is 0 Å². The first-order valence-corrected chi connectivity index (χ1v) is 12.6. The van der Waals surface area contributed by atoms with Crippen LogP contribution in [0, 0.1) is 0 Å². The van der Waals surface area contributed by atoms with Gasteiger partial charge in [-0.2, -0.15) is 4.98 Å². The lowest BCUT2D eigenvalue weighted by Gasteiger charge is -2.16. The highest BCUT2D eigenvalue weighted by Crippen LogP contribution is 2.23. The van der Waals surface area contributed by atoms with Crippen molar-refractivity contribution in [1.29, 1.82) is 0 Å². The molecule has 0 saturated carbocycles. The molecule has 1 aromatic heterocycles. The van der Waals surface area contributed by atoms with Gasteiger partial charge in [0.1, 0.15) is 5.82 Å². The molecule has 1 aromatic carbocycles. The van der Waals surface area contributed by atoms with Gasteiger partial charge in [0, 0.05) is 43.8 Å². The van der Waals surface area contributed by atoms with Gasteiger partial charge in [0.15, 0.2) is 0 Å². The minimum atomic E-state index is -0.0725. The summed E-state index contributed by atoms with van der Waals surface area (Å²) in [6.45, 7) is 3.78. The maximum atomic E-state index is 12.3. The van der Waals surface area contributed by atoms with Crippen molar-refractivity contribution in [3.63, 3.8) is 0 Å². The van der Waals surface area contributed by atoms with Gasteiger partial charge in [-0.05, 0) is 72.8 Å². The largest absolute Gasteiger partial charge is 0.369 e. The Morgan fingerprint density at radius 1 is 1.15 bits per heavy atom. The zero-order valence-electron chi connectivity index (χ0n) is 19.1. The molecule has 0 radical (unpaired) electrons. The number of hydrogen-bond donors (Lipinski definition) is 5. The lowest BCUT2D eigenvalue weighted by molar-refractivity contribution is -0.122. The molecule has 0 bridgehead atoms. The fraction of sp³-hybridized carbons (Fsp3) is 0.478. The van der Waals surface area contributed by atoms with Gasteiger partial charge >= 0.3 is 6.03 Å². The van der Waals surface area contributed by atoms with Crippen molar-refractivity contribution in [1.82, 2.24) is 25.5 Å². The monoisotopic (exact) mass is 530 g/mol. The average molecular weight is 531 g/mol. The number of anilines is 4. The fourth-order valence-corrected chi connectivity index (χ4v) is 4.35. The van der Waals surface area contributed by atoms with Crippen molar-refractivity contribution in [3.05, 3.63) is 34.9 Å². The zero-order valence-corrected chi connectivity index (χ0v) is 20.7. The smallest absolute Gasteiger partial charge is 0.321 e. The van der Waals surface area contributed by atoms with Gasteiger partial charge in [-0.3, -0.25) is 4.79 Å². The third-order valence-electron chi connectivity index (χ3n) is 5.83. The summed E-state index contributed by atoms with van der Waals surface area (Å²) >= 11 is 3.48. The predicted octanol–water partition coefficient (Wildman–Crippen LogP) is 3.28. The molecule has 10 nitrogen and oxygen atoms in total. The van der Waals surface area contributed by atoms with Crippen LogP contribution >= 0.6 is 15.9 Å². The number of carbonyl (C=O) groups excluding carboxylic acids is 2. The van der Waals surface area contributed by atoms with E-state index in [1.807, 2.05) is 29.2 Å². The molecule has 0 aliphatic carbocycles. The fourth-order valence-electron chi connectivity index (χ4n) is 4.02. The number of nitrogens with zero attached hydrogens (tertiary/aromatic N) is 3. The molecule has 2 aliphatic rings. The lowest BCUT2D eigenvalue weighted by atomic mass is 10.2. The van der Waals surface area contributed by atoms with E-state index < -0.39 is 0 Å². The average Bonchev–Trinajstić information content (AvgIpc) is 3.56. The van der Waals surface area contributed by atoms with E-state index in [2.05, 4.69) is 52.5 Å². The molecule has 3 amide bonds. The first kappa shape index (κ1) is 24.2. The second kappa shape index (κ2) is 12.0. The SMILES string of the molecule is O=C(NCCCNc1nc(Nc2cccc(NC(=O)N3CCCC3)c2)ncc1Br)[C@H]1CCCN1. The number of benzene rings is 1. The van der Waals surface area contributed by atoms with E-state index in [4.69, 9.17) is 0 Å². The van der Waals surface area contributed by atoms with Crippen molar-refractivity contribution in [2.45, 2.75) is 38.1 Å². The van der Waals surface area contributed by atoms with Gasteiger partial charge in [-0.15, -0.1) is 0 Å². The van der Waals surface area contributed by atoms with Gasteiger partial charge in [0.25, 0.3) is 0 Å². The van der Waals surface area contributed by atoms with Crippen molar-refractivity contribution in [3.8, 4) is 0 Å². The second-order valence-corrected chi connectivity index (χ2v) is 9.29. The summed E-state index contributed by atoms with van der Waals surface area (Å²) in [6, 6.07) is 7.35. The first-order valence-electron chi connectivity index (χ1n) is 11.8. The molecule has 3 heterocycles. The van der Waals surface area contributed by atoms with Crippen LogP contribution in [0.5, 0.6) is 0 Å². The van der Waals surface area contributed by atoms with E-state index in [1.165, 1.54) is 0 Å². The molecule has 34 heavy (non-hydrogen) atoms. The van der Waals surface area contributed by atoms with Crippen LogP contribution in [0.2, 0.25) is 0 Å². The van der Waals surface area contributed by atoms with Crippen molar-refractivity contribution < 1.29 is 9.59 Å². The normalized spacial score (nSPS) is 17.4. The van der Waals surface area contributed by atoms with Crippen LogP contribution < -0.4 is 26.6 Å². The Labute approximate surface area is 207 Å². The van der Waals surface area contributed by atoms with Crippen LogP contribution in [0.4, 0.5) is 27.9 Å². The number of halogens is 1. The molecule has 4 rings (SSSR count). The number of likely N-dealkylation sites (tertiary alicyclic amines) is 1. The van der Waals surface area contributed by atoms with E-state index in [0.717, 1.165) is 61.9 Å². The third-order valence-corrected chi connectivity index (χ3v) is 6.41. The first-order chi connectivity index (χ1) is 16.6. The third kappa shape index (κ3) is 6.80. The Hall–Kier alpha value is -2.92. The zero-order chi connectivity index (χ0) is 23.8. The highest BCUT2D eigenvalue weighted by Gasteiger charge is 2.21. The van der Waals surface area contributed by atoms with Gasteiger partial charge in [-0.25, -0.2) is 9.78 Å². The topological polar surface area (TPSA) is 123 Å². The van der Waals surface area contributed by atoms with Gasteiger partial charge < -0.3 is 31.5 Å². The number of hydrogen-bond acceptors (Lipinski definition) is 7. The number of urea groups is 1. The lowest BCUT2D eigenvalue weighted by Crippen LogP contribution is -2.41. The molecule has 0 unspecified atom stereocenters. The Balaban J connectivity index is 1.26. The van der Waals surface area contributed by atoms with Gasteiger partial charge in [-0.1, -0.05) is 6.07 Å². The standard InChI is InChI=1S/C23H31BrN8O2/c24-18-15-28-22(31-20(18)26-10-5-11-27-21(33)19-8-4-9-25-19)29-16-6-3-7-17(14-16)30-23(34)32-12-1-2-13-32/h3,6-7,14-15,19,25H,1-2,4-5,8-13H2,(H,27,33)(H,30,34)(H2,26,28,29,31)/t19-/m1/s1. The van der Waals surface area contributed by atoms with E-state index in [1.54, 1.807) is 6.20 Å². The number of rotatable bonds is 9. The van der Waals surface area contributed by atoms with Crippen LogP contribution in [0.25, 0.3) is 0 Å². The number of nitrogens with one attached hydrogen (secondary N) is 5. The summed E-state index contributed by atoms with van der Waals surface area (Å²) < 4.78 is 0.754. The quantitative estimate of drug-likeness (QED) is 0.315. The number of carbonyl (C=O) groups is 2. The minimum absolute atomic E-state index is 0.0513. The molecule has 5 N–H and O–H groups in total. The number of amides is 3. The summed E-state index contributed by atoms with van der Waals surface area (Å²) in [6.07, 6.45) is 6.52.